The Bertz CT molecular complexity index is 762. The van der Waals surface area contributed by atoms with Crippen molar-refractivity contribution in [3.8, 4) is 0 Å². The lowest BCUT2D eigenvalue weighted by Crippen LogP contribution is -2.21. The number of hydrogen-bond acceptors (Lipinski definition) is 4. The van der Waals surface area contributed by atoms with Gasteiger partial charge in [-0.1, -0.05) is 0 Å². The van der Waals surface area contributed by atoms with Crippen LogP contribution in [0, 0.1) is 6.92 Å². The highest BCUT2D eigenvalue weighted by Gasteiger charge is 2.18. The third kappa shape index (κ3) is 2.45. The quantitative estimate of drug-likeness (QED) is 0.672. The number of aromatic nitrogens is 2. The molecule has 0 aliphatic heterocycles. The number of aliphatic carboxylic acids is 1. The first-order valence-electron chi connectivity index (χ1n) is 6.19. The zero-order valence-electron chi connectivity index (χ0n) is 11.2. The summed E-state index contributed by atoms with van der Waals surface area (Å²) in [4.78, 5) is 39.0. The van der Waals surface area contributed by atoms with Gasteiger partial charge in [0.1, 0.15) is 12.1 Å². The maximum Gasteiger partial charge on any atom is 0.311 e. The van der Waals surface area contributed by atoms with E-state index in [-0.39, 0.29) is 5.56 Å². The largest absolute Gasteiger partial charge is 0.481 e. The fourth-order valence-electron chi connectivity index (χ4n) is 2.03. The average molecular weight is 274 g/mol. The number of hydrogen-bond donors (Lipinski definition) is 1. The van der Waals surface area contributed by atoms with E-state index < -0.39 is 23.6 Å². The third-order valence-electron chi connectivity index (χ3n) is 3.01. The molecule has 0 spiro atoms. The molecule has 0 bridgehead atoms. The summed E-state index contributed by atoms with van der Waals surface area (Å²) < 4.78 is 1.68. The second-order valence-corrected chi connectivity index (χ2v) is 4.48. The lowest BCUT2D eigenvalue weighted by atomic mass is 10.1. The number of aryl methyl sites for hydroxylation is 2. The van der Waals surface area contributed by atoms with Gasteiger partial charge < -0.3 is 9.67 Å². The minimum absolute atomic E-state index is 0.104. The number of fused-ring (bicyclic) bond motifs is 1. The number of carbonyl (C=O) groups is 2. The zero-order chi connectivity index (χ0) is 14.9. The van der Waals surface area contributed by atoms with Gasteiger partial charge in [-0.05, 0) is 26.0 Å². The van der Waals surface area contributed by atoms with E-state index in [1.807, 2.05) is 13.8 Å². The molecule has 104 valence electrons. The fourth-order valence-corrected chi connectivity index (χ4v) is 2.03. The van der Waals surface area contributed by atoms with E-state index >= 15 is 0 Å². The van der Waals surface area contributed by atoms with Crippen LogP contribution in [0.5, 0.6) is 0 Å². The summed E-state index contributed by atoms with van der Waals surface area (Å²) in [7, 11) is 0. The first-order valence-corrected chi connectivity index (χ1v) is 6.19. The molecule has 0 aromatic carbocycles. The summed E-state index contributed by atoms with van der Waals surface area (Å²) >= 11 is 0. The summed E-state index contributed by atoms with van der Waals surface area (Å²) in [6, 6.07) is 3.30. The van der Waals surface area contributed by atoms with Crippen LogP contribution in [0.4, 0.5) is 0 Å². The SMILES string of the molecule is CCn1cc(C(=O)CC(=O)O)c(=O)c2ccc(C)nc21. The molecule has 2 aromatic heterocycles. The molecule has 0 saturated carbocycles. The summed E-state index contributed by atoms with van der Waals surface area (Å²) in [5.74, 6) is -1.94. The van der Waals surface area contributed by atoms with Crippen molar-refractivity contribution in [2.75, 3.05) is 0 Å². The molecule has 2 aromatic rings. The van der Waals surface area contributed by atoms with Crippen molar-refractivity contribution in [2.45, 2.75) is 26.8 Å². The number of pyridine rings is 2. The summed E-state index contributed by atoms with van der Waals surface area (Å²) in [5, 5.41) is 9.00. The van der Waals surface area contributed by atoms with Crippen LogP contribution in [0.25, 0.3) is 11.0 Å². The molecule has 0 radical (unpaired) electrons. The molecule has 0 fully saturated rings. The lowest BCUT2D eigenvalue weighted by molar-refractivity contribution is -0.135. The Labute approximate surface area is 114 Å². The number of Topliss-reactive ketones (excluding diaryl/α,β-unsaturated/α-hetero) is 1. The van der Waals surface area contributed by atoms with Gasteiger partial charge in [0.2, 0.25) is 5.43 Å². The van der Waals surface area contributed by atoms with Crippen LogP contribution in [0.15, 0.2) is 23.1 Å². The van der Waals surface area contributed by atoms with Gasteiger partial charge in [-0.3, -0.25) is 14.4 Å². The van der Waals surface area contributed by atoms with Crippen molar-refractivity contribution in [2.24, 2.45) is 0 Å². The van der Waals surface area contributed by atoms with Gasteiger partial charge in [0.25, 0.3) is 0 Å². The number of ketones is 1. The molecule has 0 atom stereocenters. The van der Waals surface area contributed by atoms with Crippen LogP contribution in [0.1, 0.15) is 29.4 Å². The predicted octanol–water partition coefficient (Wildman–Crippen LogP) is 1.38. The molecule has 2 rings (SSSR count). The van der Waals surface area contributed by atoms with E-state index in [0.29, 0.717) is 17.6 Å². The van der Waals surface area contributed by atoms with Gasteiger partial charge in [0.15, 0.2) is 5.78 Å². The minimum Gasteiger partial charge on any atom is -0.481 e. The topological polar surface area (TPSA) is 89.3 Å². The maximum atomic E-state index is 12.3. The van der Waals surface area contributed by atoms with E-state index in [9.17, 15) is 14.4 Å². The summed E-state index contributed by atoms with van der Waals surface area (Å²) in [5.41, 5.74) is 0.698. The second kappa shape index (κ2) is 5.24. The van der Waals surface area contributed by atoms with Crippen LogP contribution in [-0.4, -0.2) is 26.4 Å². The molecule has 0 amide bonds. The molecule has 6 nitrogen and oxygen atoms in total. The molecule has 20 heavy (non-hydrogen) atoms. The van der Waals surface area contributed by atoms with Crippen LogP contribution >= 0.6 is 0 Å². The van der Waals surface area contributed by atoms with Gasteiger partial charge in [0.05, 0.1) is 10.9 Å². The van der Waals surface area contributed by atoms with Gasteiger partial charge in [0, 0.05) is 18.4 Å². The first kappa shape index (κ1) is 13.9. The zero-order valence-corrected chi connectivity index (χ0v) is 11.2. The van der Waals surface area contributed by atoms with Crippen LogP contribution in [0.3, 0.4) is 0 Å². The smallest absolute Gasteiger partial charge is 0.311 e. The minimum atomic E-state index is -1.25. The van der Waals surface area contributed by atoms with Crippen LogP contribution in [-0.2, 0) is 11.3 Å². The van der Waals surface area contributed by atoms with Crippen molar-refractivity contribution in [1.82, 2.24) is 9.55 Å². The Morgan fingerprint density at radius 1 is 1.35 bits per heavy atom. The van der Waals surface area contributed by atoms with E-state index in [4.69, 9.17) is 5.11 Å². The van der Waals surface area contributed by atoms with E-state index in [2.05, 4.69) is 4.98 Å². The van der Waals surface area contributed by atoms with Crippen molar-refractivity contribution in [1.29, 1.82) is 0 Å². The average Bonchev–Trinajstić information content (AvgIpc) is 2.38. The normalized spacial score (nSPS) is 10.7. The summed E-state index contributed by atoms with van der Waals surface area (Å²) in [6.45, 7) is 4.20. The Hall–Kier alpha value is -2.50. The van der Waals surface area contributed by atoms with E-state index in [0.717, 1.165) is 5.69 Å². The number of carboxylic acid groups (broad SMARTS) is 1. The third-order valence-corrected chi connectivity index (χ3v) is 3.01. The number of nitrogens with zero attached hydrogens (tertiary/aromatic N) is 2. The molecular formula is C14H14N2O4. The van der Waals surface area contributed by atoms with E-state index in [1.165, 1.54) is 6.20 Å². The molecule has 0 unspecified atom stereocenters. The molecule has 6 heteroatoms. The van der Waals surface area contributed by atoms with Gasteiger partial charge >= 0.3 is 5.97 Å². The van der Waals surface area contributed by atoms with Crippen molar-refractivity contribution in [3.05, 3.63) is 39.8 Å². The lowest BCUT2D eigenvalue weighted by Gasteiger charge is -2.10. The number of carboxylic acids is 1. The van der Waals surface area contributed by atoms with Crippen LogP contribution < -0.4 is 5.43 Å². The molecule has 0 saturated heterocycles. The van der Waals surface area contributed by atoms with Crippen molar-refractivity contribution in [3.63, 3.8) is 0 Å². The van der Waals surface area contributed by atoms with Crippen molar-refractivity contribution < 1.29 is 14.7 Å². The van der Waals surface area contributed by atoms with Crippen LogP contribution in [0.2, 0.25) is 0 Å². The monoisotopic (exact) mass is 274 g/mol. The Morgan fingerprint density at radius 3 is 2.65 bits per heavy atom. The maximum absolute atomic E-state index is 12.3. The molecular weight excluding hydrogens is 260 g/mol. The highest BCUT2D eigenvalue weighted by Crippen LogP contribution is 2.12. The van der Waals surface area contributed by atoms with Crippen molar-refractivity contribution >= 4 is 22.8 Å². The standard InChI is InChI=1S/C14H14N2O4/c1-3-16-7-10(11(17)6-12(18)19)13(20)9-5-4-8(2)15-14(9)16/h4-5,7H,3,6H2,1-2H3,(H,18,19). The van der Waals surface area contributed by atoms with Gasteiger partial charge in [-0.15, -0.1) is 0 Å². The second-order valence-electron chi connectivity index (χ2n) is 4.48. The van der Waals surface area contributed by atoms with E-state index in [1.54, 1.807) is 16.7 Å². The van der Waals surface area contributed by atoms with Gasteiger partial charge in [-0.25, -0.2) is 4.98 Å². The van der Waals surface area contributed by atoms with Gasteiger partial charge in [-0.2, -0.15) is 0 Å². The Balaban J connectivity index is 2.72. The fraction of sp³-hybridized carbons (Fsp3) is 0.286. The molecule has 0 aliphatic rings. The molecule has 1 N–H and O–H groups in total. The highest BCUT2D eigenvalue weighted by atomic mass is 16.4. The highest BCUT2D eigenvalue weighted by molar-refractivity contribution is 6.06. The Kier molecular flexibility index (Phi) is 3.65. The Morgan fingerprint density at radius 2 is 2.05 bits per heavy atom. The number of rotatable bonds is 4. The molecule has 0 aliphatic carbocycles. The first-order chi connectivity index (χ1) is 9.43. The molecule has 2 heterocycles. The predicted molar refractivity (Wildman–Crippen MR) is 73.0 cm³/mol. The number of carbonyl (C=O) groups excluding carboxylic acids is 1. The summed E-state index contributed by atoms with van der Waals surface area (Å²) in [6.07, 6.45) is 0.701.